The van der Waals surface area contributed by atoms with Crippen LogP contribution in [0.3, 0.4) is 0 Å². The van der Waals surface area contributed by atoms with E-state index in [0.29, 0.717) is 17.9 Å². The fraction of sp³-hybridized carbons (Fsp3) is 0.389. The highest BCUT2D eigenvalue weighted by atomic mass is 16.5. The maximum atomic E-state index is 11.4. The zero-order valence-corrected chi connectivity index (χ0v) is 13.3. The minimum absolute atomic E-state index is 0.353. The van der Waals surface area contributed by atoms with Gasteiger partial charge in [0.2, 0.25) is 0 Å². The number of allylic oxidation sites excluding steroid dienone is 3. The lowest BCUT2D eigenvalue weighted by Gasteiger charge is -2.06. The number of carbonyl (C=O) groups is 1. The molecule has 0 radical (unpaired) electrons. The maximum Gasteiger partial charge on any atom is 0.337 e. The third-order valence-corrected chi connectivity index (χ3v) is 3.03. The van der Waals surface area contributed by atoms with Crippen LogP contribution < -0.4 is 4.74 Å². The van der Waals surface area contributed by atoms with Gasteiger partial charge in [0.1, 0.15) is 12.4 Å². The summed E-state index contributed by atoms with van der Waals surface area (Å²) >= 11 is 0. The van der Waals surface area contributed by atoms with Crippen LogP contribution in [0, 0.1) is 0 Å². The van der Waals surface area contributed by atoms with Crippen molar-refractivity contribution in [2.45, 2.75) is 33.6 Å². The number of hydrogen-bond donors (Lipinski definition) is 0. The molecule has 0 saturated carbocycles. The van der Waals surface area contributed by atoms with Crippen LogP contribution in [0.5, 0.6) is 5.75 Å². The molecule has 3 nitrogen and oxygen atoms in total. The highest BCUT2D eigenvalue weighted by Crippen LogP contribution is 2.14. The Balaban J connectivity index is 2.48. The summed E-state index contributed by atoms with van der Waals surface area (Å²) in [6, 6.07) is 7.02. The van der Waals surface area contributed by atoms with Crippen molar-refractivity contribution in [2.24, 2.45) is 0 Å². The number of hydrogen-bond acceptors (Lipinski definition) is 3. The van der Waals surface area contributed by atoms with Crippen LogP contribution in [-0.2, 0) is 4.74 Å². The second-order valence-corrected chi connectivity index (χ2v) is 5.20. The van der Waals surface area contributed by atoms with Crippen molar-refractivity contribution < 1.29 is 14.3 Å². The third-order valence-electron chi connectivity index (χ3n) is 3.03. The quantitative estimate of drug-likeness (QED) is 0.545. The molecule has 0 bridgehead atoms. The van der Waals surface area contributed by atoms with Gasteiger partial charge in [-0.15, -0.1) is 0 Å². The van der Waals surface area contributed by atoms with Gasteiger partial charge in [0.25, 0.3) is 0 Å². The Morgan fingerprint density at radius 1 is 1.19 bits per heavy atom. The predicted octanol–water partition coefficient (Wildman–Crippen LogP) is 4.54. The summed E-state index contributed by atoms with van der Waals surface area (Å²) < 4.78 is 10.3. The van der Waals surface area contributed by atoms with Gasteiger partial charge in [-0.25, -0.2) is 4.79 Å². The minimum Gasteiger partial charge on any atom is -0.490 e. The van der Waals surface area contributed by atoms with Gasteiger partial charge >= 0.3 is 5.97 Å². The first-order valence-electron chi connectivity index (χ1n) is 7.13. The van der Waals surface area contributed by atoms with Gasteiger partial charge < -0.3 is 9.47 Å². The molecule has 0 aliphatic rings. The van der Waals surface area contributed by atoms with E-state index in [-0.39, 0.29) is 5.97 Å². The molecule has 0 spiro atoms. The fourth-order valence-electron chi connectivity index (χ4n) is 1.80. The SMILES string of the molecule is COC(=O)c1cccc(OC/C=C(\C)CCC=C(C)C)c1. The normalized spacial score (nSPS) is 11.0. The molecule has 0 aliphatic heterocycles. The minimum atomic E-state index is -0.353. The molecule has 0 unspecified atom stereocenters. The predicted molar refractivity (Wildman–Crippen MR) is 85.7 cm³/mol. The van der Waals surface area contributed by atoms with Crippen molar-refractivity contribution in [1.29, 1.82) is 0 Å². The van der Waals surface area contributed by atoms with Crippen molar-refractivity contribution in [2.75, 3.05) is 13.7 Å². The number of esters is 1. The Morgan fingerprint density at radius 3 is 2.62 bits per heavy atom. The number of methoxy groups -OCH3 is 1. The first kappa shape index (κ1) is 17.0. The monoisotopic (exact) mass is 288 g/mol. The molecule has 0 atom stereocenters. The molecule has 0 heterocycles. The van der Waals surface area contributed by atoms with E-state index in [1.165, 1.54) is 18.3 Å². The van der Waals surface area contributed by atoms with Crippen molar-refractivity contribution >= 4 is 5.97 Å². The molecule has 0 saturated heterocycles. The summed E-state index contributed by atoms with van der Waals surface area (Å²) in [6.07, 6.45) is 6.40. The Morgan fingerprint density at radius 2 is 1.95 bits per heavy atom. The lowest BCUT2D eigenvalue weighted by Crippen LogP contribution is -2.02. The summed E-state index contributed by atoms with van der Waals surface area (Å²) in [4.78, 5) is 11.4. The molecule has 1 aromatic rings. The second kappa shape index (κ2) is 9.01. The fourth-order valence-corrected chi connectivity index (χ4v) is 1.80. The molecule has 1 aromatic carbocycles. The molecule has 0 aromatic heterocycles. The number of rotatable bonds is 7. The zero-order valence-electron chi connectivity index (χ0n) is 13.3. The average molecular weight is 288 g/mol. The summed E-state index contributed by atoms with van der Waals surface area (Å²) in [6.45, 7) is 6.82. The molecule has 21 heavy (non-hydrogen) atoms. The van der Waals surface area contributed by atoms with Crippen molar-refractivity contribution in [3.63, 3.8) is 0 Å². The van der Waals surface area contributed by atoms with E-state index >= 15 is 0 Å². The van der Waals surface area contributed by atoms with Crippen molar-refractivity contribution in [3.05, 3.63) is 53.1 Å². The maximum absolute atomic E-state index is 11.4. The smallest absolute Gasteiger partial charge is 0.337 e. The van der Waals surface area contributed by atoms with Gasteiger partial charge in [-0.3, -0.25) is 0 Å². The molecule has 114 valence electrons. The second-order valence-electron chi connectivity index (χ2n) is 5.20. The van der Waals surface area contributed by atoms with Crippen molar-refractivity contribution in [1.82, 2.24) is 0 Å². The van der Waals surface area contributed by atoms with E-state index in [2.05, 4.69) is 37.7 Å². The molecule has 0 aliphatic carbocycles. The molecule has 0 fully saturated rings. The topological polar surface area (TPSA) is 35.5 Å². The van der Waals surface area contributed by atoms with Gasteiger partial charge in [-0.1, -0.05) is 23.3 Å². The summed E-state index contributed by atoms with van der Waals surface area (Å²) in [7, 11) is 1.37. The summed E-state index contributed by atoms with van der Waals surface area (Å²) in [5.41, 5.74) is 3.15. The van der Waals surface area contributed by atoms with E-state index in [9.17, 15) is 4.79 Å². The van der Waals surface area contributed by atoms with Crippen LogP contribution in [0.2, 0.25) is 0 Å². The first-order chi connectivity index (χ1) is 10.0. The molecule has 0 amide bonds. The lowest BCUT2D eigenvalue weighted by atomic mass is 10.1. The Hall–Kier alpha value is -2.03. The first-order valence-corrected chi connectivity index (χ1v) is 7.13. The van der Waals surface area contributed by atoms with Gasteiger partial charge in [0.15, 0.2) is 0 Å². The molecule has 0 N–H and O–H groups in total. The van der Waals surface area contributed by atoms with Crippen LogP contribution in [0.25, 0.3) is 0 Å². The van der Waals surface area contributed by atoms with Gasteiger partial charge in [0.05, 0.1) is 12.7 Å². The third kappa shape index (κ3) is 6.80. The number of carbonyl (C=O) groups excluding carboxylic acids is 1. The Kier molecular flexibility index (Phi) is 7.30. The number of benzene rings is 1. The van der Waals surface area contributed by atoms with E-state index in [4.69, 9.17) is 4.74 Å². The van der Waals surface area contributed by atoms with Crippen LogP contribution in [0.1, 0.15) is 44.0 Å². The molecule has 1 rings (SSSR count). The van der Waals surface area contributed by atoms with Crippen LogP contribution in [-0.4, -0.2) is 19.7 Å². The van der Waals surface area contributed by atoms with Crippen LogP contribution in [0.15, 0.2) is 47.6 Å². The van der Waals surface area contributed by atoms with E-state index in [1.807, 2.05) is 6.07 Å². The van der Waals surface area contributed by atoms with Crippen LogP contribution in [0.4, 0.5) is 0 Å². The van der Waals surface area contributed by atoms with Gasteiger partial charge in [0, 0.05) is 0 Å². The Bertz CT molecular complexity index is 523. The van der Waals surface area contributed by atoms with E-state index < -0.39 is 0 Å². The molecular weight excluding hydrogens is 264 g/mol. The van der Waals surface area contributed by atoms with E-state index in [0.717, 1.165) is 12.8 Å². The molecule has 3 heteroatoms. The van der Waals surface area contributed by atoms with Crippen LogP contribution >= 0.6 is 0 Å². The van der Waals surface area contributed by atoms with Crippen molar-refractivity contribution in [3.8, 4) is 5.75 Å². The average Bonchev–Trinajstić information content (AvgIpc) is 2.46. The lowest BCUT2D eigenvalue weighted by molar-refractivity contribution is 0.0600. The molecular formula is C18H24O3. The highest BCUT2D eigenvalue weighted by Gasteiger charge is 2.05. The zero-order chi connectivity index (χ0) is 15.7. The largest absolute Gasteiger partial charge is 0.490 e. The summed E-state index contributed by atoms with van der Waals surface area (Å²) in [5, 5.41) is 0. The summed E-state index contributed by atoms with van der Waals surface area (Å²) in [5.74, 6) is 0.320. The Labute approximate surface area is 127 Å². The van der Waals surface area contributed by atoms with E-state index in [1.54, 1.807) is 18.2 Å². The van der Waals surface area contributed by atoms with Gasteiger partial charge in [-0.05, 0) is 57.9 Å². The number of ether oxygens (including phenoxy) is 2. The standard InChI is InChI=1S/C18H24O3/c1-14(2)7-5-8-15(3)11-12-21-17-10-6-9-16(13-17)18(19)20-4/h6-7,9-11,13H,5,8,12H2,1-4H3/b15-11+. The highest BCUT2D eigenvalue weighted by molar-refractivity contribution is 5.89. The van der Waals surface area contributed by atoms with Gasteiger partial charge in [-0.2, -0.15) is 0 Å².